The molecule has 2 aliphatic heterocycles. The van der Waals surface area contributed by atoms with Crippen molar-refractivity contribution in [3.63, 3.8) is 0 Å². The zero-order chi connectivity index (χ0) is 14.7. The first-order valence-electron chi connectivity index (χ1n) is 7.62. The van der Waals surface area contributed by atoms with Crippen LogP contribution >= 0.6 is 0 Å². The average Bonchev–Trinajstić information content (AvgIpc) is 3.09. The Balaban J connectivity index is 1.68. The van der Waals surface area contributed by atoms with Gasteiger partial charge in [0.1, 0.15) is 0 Å². The van der Waals surface area contributed by atoms with Gasteiger partial charge in [-0.05, 0) is 37.8 Å². The predicted molar refractivity (Wildman–Crippen MR) is 80.9 cm³/mol. The Hall–Kier alpha value is -2.09. The molecule has 2 fully saturated rings. The molecular weight excluding hydrogens is 264 g/mol. The van der Waals surface area contributed by atoms with Gasteiger partial charge in [0.05, 0.1) is 0 Å². The normalized spacial score (nSPS) is 22.1. The van der Waals surface area contributed by atoms with Crippen molar-refractivity contribution in [2.24, 2.45) is 5.92 Å². The lowest BCUT2D eigenvalue weighted by Gasteiger charge is -2.30. The molecule has 0 aliphatic carbocycles. The van der Waals surface area contributed by atoms with Gasteiger partial charge in [-0.15, -0.1) is 22.5 Å². The van der Waals surface area contributed by atoms with Crippen LogP contribution in [0.3, 0.4) is 0 Å². The Kier molecular flexibility index (Phi) is 4.05. The SMILES string of the molecule is C#CC1CCCN(C(=O)c2ccc(N3CCCC3)nn2)C1. The molecule has 5 nitrogen and oxygen atoms in total. The fraction of sp³-hybridized carbons (Fsp3) is 0.562. The minimum absolute atomic E-state index is 0.0598. The van der Waals surface area contributed by atoms with Crippen LogP contribution < -0.4 is 4.90 Å². The molecule has 1 aromatic heterocycles. The van der Waals surface area contributed by atoms with Crippen LogP contribution in [0, 0.1) is 18.3 Å². The van der Waals surface area contributed by atoms with Crippen molar-refractivity contribution < 1.29 is 4.79 Å². The third kappa shape index (κ3) is 2.99. The number of amides is 1. The highest BCUT2D eigenvalue weighted by Gasteiger charge is 2.24. The molecule has 1 atom stereocenters. The first-order chi connectivity index (χ1) is 10.3. The molecule has 0 radical (unpaired) electrons. The number of likely N-dealkylation sites (tertiary alicyclic amines) is 1. The van der Waals surface area contributed by atoms with E-state index in [9.17, 15) is 4.79 Å². The summed E-state index contributed by atoms with van der Waals surface area (Å²) in [6.07, 6.45) is 9.83. The molecular formula is C16H20N4O. The van der Waals surface area contributed by atoms with Crippen LogP contribution in [0.25, 0.3) is 0 Å². The Bertz CT molecular complexity index is 542. The molecule has 110 valence electrons. The maximum Gasteiger partial charge on any atom is 0.274 e. The van der Waals surface area contributed by atoms with Crippen molar-refractivity contribution >= 4 is 11.7 Å². The van der Waals surface area contributed by atoms with Crippen molar-refractivity contribution in [1.82, 2.24) is 15.1 Å². The molecule has 21 heavy (non-hydrogen) atoms. The molecule has 0 N–H and O–H groups in total. The molecule has 1 aromatic rings. The van der Waals surface area contributed by atoms with E-state index in [-0.39, 0.29) is 11.8 Å². The Morgan fingerprint density at radius 3 is 2.67 bits per heavy atom. The quantitative estimate of drug-likeness (QED) is 0.773. The van der Waals surface area contributed by atoms with Crippen molar-refractivity contribution in [3.8, 4) is 12.3 Å². The second-order valence-electron chi connectivity index (χ2n) is 5.73. The van der Waals surface area contributed by atoms with E-state index >= 15 is 0 Å². The molecule has 1 amide bonds. The number of piperidine rings is 1. The van der Waals surface area contributed by atoms with Gasteiger partial charge < -0.3 is 9.80 Å². The molecule has 0 aromatic carbocycles. The first kappa shape index (κ1) is 13.9. The molecule has 0 bridgehead atoms. The fourth-order valence-corrected chi connectivity index (χ4v) is 3.01. The van der Waals surface area contributed by atoms with Crippen LogP contribution in [0.4, 0.5) is 5.82 Å². The van der Waals surface area contributed by atoms with Crippen LogP contribution in [0.1, 0.15) is 36.2 Å². The number of terminal acetylenes is 1. The van der Waals surface area contributed by atoms with Crippen molar-refractivity contribution in [2.45, 2.75) is 25.7 Å². The number of hydrogen-bond donors (Lipinski definition) is 0. The van der Waals surface area contributed by atoms with Gasteiger partial charge in [-0.2, -0.15) is 0 Å². The summed E-state index contributed by atoms with van der Waals surface area (Å²) in [5.41, 5.74) is 0.413. The summed E-state index contributed by atoms with van der Waals surface area (Å²) < 4.78 is 0. The third-order valence-electron chi connectivity index (χ3n) is 4.24. The van der Waals surface area contributed by atoms with Crippen LogP contribution in [0.15, 0.2) is 12.1 Å². The molecule has 3 heterocycles. The number of hydrogen-bond acceptors (Lipinski definition) is 4. The van der Waals surface area contributed by atoms with E-state index in [0.717, 1.165) is 38.3 Å². The van der Waals surface area contributed by atoms with Gasteiger partial charge in [0.25, 0.3) is 5.91 Å². The van der Waals surface area contributed by atoms with Crippen LogP contribution in [0.2, 0.25) is 0 Å². The van der Waals surface area contributed by atoms with Gasteiger partial charge in [0, 0.05) is 32.1 Å². The van der Waals surface area contributed by atoms with E-state index in [4.69, 9.17) is 6.42 Å². The number of carbonyl (C=O) groups excluding carboxylic acids is 1. The van der Waals surface area contributed by atoms with E-state index in [1.54, 1.807) is 11.0 Å². The molecule has 0 spiro atoms. The summed E-state index contributed by atoms with van der Waals surface area (Å²) in [6.45, 7) is 3.44. The third-order valence-corrected chi connectivity index (χ3v) is 4.24. The number of anilines is 1. The minimum atomic E-state index is -0.0598. The highest BCUT2D eigenvalue weighted by Crippen LogP contribution is 2.19. The number of nitrogens with zero attached hydrogens (tertiary/aromatic N) is 4. The highest BCUT2D eigenvalue weighted by molar-refractivity contribution is 5.92. The van der Waals surface area contributed by atoms with E-state index in [0.29, 0.717) is 12.2 Å². The number of carbonyl (C=O) groups is 1. The number of aromatic nitrogens is 2. The molecule has 2 aliphatic rings. The molecule has 0 saturated carbocycles. The Labute approximate surface area is 125 Å². The smallest absolute Gasteiger partial charge is 0.274 e. The van der Waals surface area contributed by atoms with Crippen LogP contribution in [0.5, 0.6) is 0 Å². The summed E-state index contributed by atoms with van der Waals surface area (Å²) in [6, 6.07) is 3.68. The lowest BCUT2D eigenvalue weighted by atomic mass is 9.99. The summed E-state index contributed by atoms with van der Waals surface area (Å²) in [4.78, 5) is 16.4. The second kappa shape index (κ2) is 6.13. The van der Waals surface area contributed by atoms with E-state index in [1.807, 2.05) is 6.07 Å². The van der Waals surface area contributed by atoms with E-state index < -0.39 is 0 Å². The Morgan fingerprint density at radius 2 is 2.00 bits per heavy atom. The maximum absolute atomic E-state index is 12.4. The minimum Gasteiger partial charge on any atom is -0.355 e. The predicted octanol–water partition coefficient (Wildman–Crippen LogP) is 1.56. The monoisotopic (exact) mass is 284 g/mol. The van der Waals surface area contributed by atoms with Crippen LogP contribution in [-0.2, 0) is 0 Å². The van der Waals surface area contributed by atoms with E-state index in [2.05, 4.69) is 21.0 Å². The maximum atomic E-state index is 12.4. The lowest BCUT2D eigenvalue weighted by Crippen LogP contribution is -2.40. The lowest BCUT2D eigenvalue weighted by molar-refractivity contribution is 0.0692. The zero-order valence-electron chi connectivity index (χ0n) is 12.2. The van der Waals surface area contributed by atoms with E-state index in [1.165, 1.54) is 12.8 Å². The summed E-state index contributed by atoms with van der Waals surface area (Å²) in [5, 5.41) is 8.32. The molecule has 1 unspecified atom stereocenters. The second-order valence-corrected chi connectivity index (χ2v) is 5.73. The van der Waals surface area contributed by atoms with Gasteiger partial charge in [-0.1, -0.05) is 0 Å². The summed E-state index contributed by atoms with van der Waals surface area (Å²) in [7, 11) is 0. The molecule has 2 saturated heterocycles. The standard InChI is InChI=1S/C16H20N4O/c1-2-13-6-5-11-20(12-13)16(21)14-7-8-15(18-17-14)19-9-3-4-10-19/h1,7-8,13H,3-6,9-12H2. The number of rotatable bonds is 2. The van der Waals surface area contributed by atoms with Crippen LogP contribution in [-0.4, -0.2) is 47.2 Å². The van der Waals surface area contributed by atoms with Gasteiger partial charge in [0.15, 0.2) is 11.5 Å². The molecule has 5 heteroatoms. The van der Waals surface area contributed by atoms with Crippen molar-refractivity contribution in [2.75, 3.05) is 31.1 Å². The van der Waals surface area contributed by atoms with Crippen molar-refractivity contribution in [3.05, 3.63) is 17.8 Å². The van der Waals surface area contributed by atoms with Gasteiger partial charge in [0.2, 0.25) is 0 Å². The highest BCUT2D eigenvalue weighted by atomic mass is 16.2. The summed E-state index contributed by atoms with van der Waals surface area (Å²) >= 11 is 0. The summed E-state index contributed by atoms with van der Waals surface area (Å²) in [5.74, 6) is 3.72. The zero-order valence-corrected chi connectivity index (χ0v) is 12.2. The fourth-order valence-electron chi connectivity index (χ4n) is 3.01. The van der Waals surface area contributed by atoms with Gasteiger partial charge in [-0.3, -0.25) is 4.79 Å². The largest absolute Gasteiger partial charge is 0.355 e. The molecule has 3 rings (SSSR count). The van der Waals surface area contributed by atoms with Gasteiger partial charge >= 0.3 is 0 Å². The van der Waals surface area contributed by atoms with Crippen molar-refractivity contribution in [1.29, 1.82) is 0 Å². The topological polar surface area (TPSA) is 49.3 Å². The van der Waals surface area contributed by atoms with Gasteiger partial charge in [-0.25, -0.2) is 0 Å². The first-order valence-corrected chi connectivity index (χ1v) is 7.62. The average molecular weight is 284 g/mol. The Morgan fingerprint density at radius 1 is 1.19 bits per heavy atom.